The van der Waals surface area contributed by atoms with E-state index in [0.717, 1.165) is 25.6 Å². The van der Waals surface area contributed by atoms with E-state index < -0.39 is 0 Å². The van der Waals surface area contributed by atoms with Crippen LogP contribution in [0.25, 0.3) is 0 Å². The third kappa shape index (κ3) is 4.35. The first-order valence-corrected chi connectivity index (χ1v) is 8.72. The molecule has 1 atom stereocenters. The molecule has 2 aromatic rings. The van der Waals surface area contributed by atoms with E-state index in [0.29, 0.717) is 0 Å². The number of aryl methyl sites for hydroxylation is 1. The fourth-order valence-electron chi connectivity index (χ4n) is 3.21. The predicted octanol–water partition coefficient (Wildman–Crippen LogP) is 2.80. The zero-order valence-corrected chi connectivity index (χ0v) is 14.2. The van der Waals surface area contributed by atoms with Crippen LogP contribution in [0.4, 0.5) is 0 Å². The van der Waals surface area contributed by atoms with E-state index in [1.165, 1.54) is 35.0 Å². The normalized spacial score (nSPS) is 19.1. The molecule has 3 rings (SSSR count). The summed E-state index contributed by atoms with van der Waals surface area (Å²) >= 11 is 1.82. The average Bonchev–Trinajstić information content (AvgIpc) is 3.09. The molecular formula is C17H24N4S. The summed E-state index contributed by atoms with van der Waals surface area (Å²) in [6.45, 7) is 7.70. The van der Waals surface area contributed by atoms with Gasteiger partial charge in [0.1, 0.15) is 0 Å². The van der Waals surface area contributed by atoms with Gasteiger partial charge in [-0.3, -0.25) is 9.88 Å². The fourth-order valence-corrected chi connectivity index (χ4v) is 4.05. The number of pyridine rings is 1. The minimum atomic E-state index is 0.774. The van der Waals surface area contributed by atoms with E-state index >= 15 is 0 Å². The standard InChI is InChI=1S/C17H24N4S/c1-14-19-9-17(22-14)13-21-7-5-16(12-21)11-20(2)10-15-4-3-6-18-8-15/h3-4,6,8-9,16H,5,7,10-13H2,1-2H3. The Morgan fingerprint density at radius 1 is 1.41 bits per heavy atom. The first kappa shape index (κ1) is 15.6. The molecule has 0 radical (unpaired) electrons. The summed E-state index contributed by atoms with van der Waals surface area (Å²) in [5, 5.41) is 1.17. The van der Waals surface area contributed by atoms with Gasteiger partial charge in [-0.05, 0) is 44.5 Å². The van der Waals surface area contributed by atoms with Crippen LogP contribution in [0.3, 0.4) is 0 Å². The van der Waals surface area contributed by atoms with Crippen molar-refractivity contribution < 1.29 is 0 Å². The van der Waals surface area contributed by atoms with Crippen molar-refractivity contribution >= 4 is 11.3 Å². The Morgan fingerprint density at radius 2 is 2.32 bits per heavy atom. The van der Waals surface area contributed by atoms with Crippen LogP contribution in [0.1, 0.15) is 21.9 Å². The molecule has 0 aromatic carbocycles. The highest BCUT2D eigenvalue weighted by Gasteiger charge is 2.23. The van der Waals surface area contributed by atoms with Gasteiger partial charge in [0, 0.05) is 49.6 Å². The first-order chi connectivity index (χ1) is 10.7. The van der Waals surface area contributed by atoms with Crippen molar-refractivity contribution in [3.05, 3.63) is 46.2 Å². The van der Waals surface area contributed by atoms with Crippen LogP contribution >= 0.6 is 11.3 Å². The maximum Gasteiger partial charge on any atom is 0.0897 e. The Kier molecular flexibility index (Phi) is 5.18. The zero-order chi connectivity index (χ0) is 15.4. The Balaban J connectivity index is 1.44. The molecule has 1 unspecified atom stereocenters. The number of hydrogen-bond donors (Lipinski definition) is 0. The molecule has 22 heavy (non-hydrogen) atoms. The lowest BCUT2D eigenvalue weighted by Gasteiger charge is -2.21. The number of rotatable bonds is 6. The summed E-state index contributed by atoms with van der Waals surface area (Å²) in [7, 11) is 2.21. The van der Waals surface area contributed by atoms with Crippen molar-refractivity contribution in [1.29, 1.82) is 0 Å². The maximum absolute atomic E-state index is 4.35. The Bertz CT molecular complexity index is 583. The highest BCUT2D eigenvalue weighted by Crippen LogP contribution is 2.22. The average molecular weight is 316 g/mol. The monoisotopic (exact) mass is 316 g/mol. The first-order valence-electron chi connectivity index (χ1n) is 7.90. The zero-order valence-electron chi connectivity index (χ0n) is 13.4. The molecule has 5 heteroatoms. The summed E-state index contributed by atoms with van der Waals surface area (Å²) < 4.78 is 0. The van der Waals surface area contributed by atoms with Gasteiger partial charge in [-0.1, -0.05) is 6.07 Å². The van der Waals surface area contributed by atoms with Gasteiger partial charge in [0.25, 0.3) is 0 Å². The molecule has 1 saturated heterocycles. The van der Waals surface area contributed by atoms with Gasteiger partial charge in [0.2, 0.25) is 0 Å². The molecule has 3 heterocycles. The van der Waals surface area contributed by atoms with Crippen LogP contribution in [-0.2, 0) is 13.1 Å². The Hall–Kier alpha value is -1.30. The second kappa shape index (κ2) is 7.31. The Morgan fingerprint density at radius 3 is 3.05 bits per heavy atom. The van der Waals surface area contributed by atoms with Gasteiger partial charge < -0.3 is 4.90 Å². The van der Waals surface area contributed by atoms with E-state index in [1.807, 2.05) is 36.0 Å². The van der Waals surface area contributed by atoms with Crippen LogP contribution < -0.4 is 0 Å². The van der Waals surface area contributed by atoms with E-state index in [4.69, 9.17) is 0 Å². The van der Waals surface area contributed by atoms with Gasteiger partial charge in [0.05, 0.1) is 5.01 Å². The summed E-state index contributed by atoms with van der Waals surface area (Å²) in [4.78, 5) is 14.9. The highest BCUT2D eigenvalue weighted by molar-refractivity contribution is 7.11. The van der Waals surface area contributed by atoms with Crippen molar-refractivity contribution in [1.82, 2.24) is 19.8 Å². The minimum Gasteiger partial charge on any atom is -0.302 e. The molecule has 4 nitrogen and oxygen atoms in total. The molecule has 2 aromatic heterocycles. The molecule has 1 fully saturated rings. The van der Waals surface area contributed by atoms with Crippen molar-refractivity contribution in [3.8, 4) is 0 Å². The largest absolute Gasteiger partial charge is 0.302 e. The topological polar surface area (TPSA) is 32.3 Å². The molecule has 0 spiro atoms. The Labute approximate surface area is 136 Å². The SMILES string of the molecule is Cc1ncc(CN2CCC(CN(C)Cc3cccnc3)C2)s1. The van der Waals surface area contributed by atoms with Crippen molar-refractivity contribution in [2.24, 2.45) is 5.92 Å². The predicted molar refractivity (Wildman–Crippen MR) is 90.8 cm³/mol. The van der Waals surface area contributed by atoms with Crippen molar-refractivity contribution in [2.45, 2.75) is 26.4 Å². The molecule has 118 valence electrons. The summed E-state index contributed by atoms with van der Waals surface area (Å²) in [5.74, 6) is 0.774. The molecule has 0 saturated carbocycles. The van der Waals surface area contributed by atoms with E-state index in [9.17, 15) is 0 Å². The third-order valence-electron chi connectivity index (χ3n) is 4.16. The van der Waals surface area contributed by atoms with Crippen LogP contribution in [0, 0.1) is 12.8 Å². The molecule has 0 aliphatic carbocycles. The van der Waals surface area contributed by atoms with Gasteiger partial charge in [-0.25, -0.2) is 4.98 Å². The lowest BCUT2D eigenvalue weighted by Crippen LogP contribution is -2.27. The van der Waals surface area contributed by atoms with Gasteiger partial charge >= 0.3 is 0 Å². The number of nitrogens with zero attached hydrogens (tertiary/aromatic N) is 4. The minimum absolute atomic E-state index is 0.774. The molecular weight excluding hydrogens is 292 g/mol. The maximum atomic E-state index is 4.35. The lowest BCUT2D eigenvalue weighted by molar-refractivity contribution is 0.255. The van der Waals surface area contributed by atoms with Gasteiger partial charge in [0.15, 0.2) is 0 Å². The molecule has 0 bridgehead atoms. The van der Waals surface area contributed by atoms with Crippen LogP contribution in [0.5, 0.6) is 0 Å². The van der Waals surface area contributed by atoms with E-state index in [2.05, 4.69) is 39.8 Å². The smallest absolute Gasteiger partial charge is 0.0897 e. The highest BCUT2D eigenvalue weighted by atomic mass is 32.1. The van der Waals surface area contributed by atoms with E-state index in [-0.39, 0.29) is 0 Å². The molecule has 1 aliphatic heterocycles. The number of thiazole rings is 1. The lowest BCUT2D eigenvalue weighted by atomic mass is 10.1. The van der Waals surface area contributed by atoms with Crippen LogP contribution in [-0.4, -0.2) is 46.4 Å². The van der Waals surface area contributed by atoms with Crippen LogP contribution in [0.15, 0.2) is 30.7 Å². The third-order valence-corrected chi connectivity index (χ3v) is 5.06. The number of aromatic nitrogens is 2. The summed E-state index contributed by atoms with van der Waals surface area (Å²) in [6, 6.07) is 4.16. The molecule has 0 amide bonds. The number of likely N-dealkylation sites (tertiary alicyclic amines) is 1. The molecule has 0 N–H and O–H groups in total. The second-order valence-corrected chi connectivity index (χ2v) is 7.61. The van der Waals surface area contributed by atoms with Crippen molar-refractivity contribution in [2.75, 3.05) is 26.7 Å². The van der Waals surface area contributed by atoms with Gasteiger partial charge in [-0.15, -0.1) is 11.3 Å². The molecule has 1 aliphatic rings. The van der Waals surface area contributed by atoms with Crippen molar-refractivity contribution in [3.63, 3.8) is 0 Å². The quantitative estimate of drug-likeness (QED) is 0.820. The van der Waals surface area contributed by atoms with E-state index in [1.54, 1.807) is 0 Å². The summed E-state index contributed by atoms with van der Waals surface area (Å²) in [6.07, 6.45) is 7.13. The summed E-state index contributed by atoms with van der Waals surface area (Å²) in [5.41, 5.74) is 1.29. The fraction of sp³-hybridized carbons (Fsp3) is 0.529. The second-order valence-electron chi connectivity index (χ2n) is 6.29. The number of hydrogen-bond acceptors (Lipinski definition) is 5. The van der Waals surface area contributed by atoms with Gasteiger partial charge in [-0.2, -0.15) is 0 Å². The van der Waals surface area contributed by atoms with Crippen LogP contribution in [0.2, 0.25) is 0 Å².